The van der Waals surface area contributed by atoms with Gasteiger partial charge in [0.25, 0.3) is 0 Å². The van der Waals surface area contributed by atoms with Crippen molar-refractivity contribution in [3.05, 3.63) is 17.2 Å². The van der Waals surface area contributed by atoms with E-state index in [1.807, 2.05) is 4.90 Å². The quantitative estimate of drug-likeness (QED) is 0.813. The van der Waals surface area contributed by atoms with E-state index in [1.54, 1.807) is 12.1 Å². The Labute approximate surface area is 152 Å². The first-order valence-electron chi connectivity index (χ1n) is 8.54. The first kappa shape index (κ1) is 17.9. The van der Waals surface area contributed by atoms with Crippen LogP contribution in [-0.2, 0) is 9.59 Å². The Morgan fingerprint density at radius 1 is 1.08 bits per heavy atom. The van der Waals surface area contributed by atoms with Crippen LogP contribution in [0, 0.1) is 5.41 Å². The maximum atomic E-state index is 12.8. The van der Waals surface area contributed by atoms with Crippen LogP contribution >= 0.6 is 11.6 Å². The molecule has 1 N–H and O–H groups in total. The summed E-state index contributed by atoms with van der Waals surface area (Å²) in [5, 5.41) is 3.23. The molecule has 136 valence electrons. The molecule has 1 heterocycles. The van der Waals surface area contributed by atoms with Crippen LogP contribution in [0.5, 0.6) is 11.5 Å². The van der Waals surface area contributed by atoms with E-state index in [4.69, 9.17) is 21.1 Å². The standard InChI is InChI=1S/C18H23ClN2O4/c1-24-14-11-13(15(25-2)10-12(14)19)20-16(22)18(6-7-18)17(23)21-8-4-3-5-9-21/h10-11H,3-9H2,1-2H3,(H,20,22). The van der Waals surface area contributed by atoms with Crippen molar-refractivity contribution in [2.24, 2.45) is 5.41 Å². The van der Waals surface area contributed by atoms with Crippen molar-refractivity contribution in [2.45, 2.75) is 32.1 Å². The number of carbonyl (C=O) groups excluding carboxylic acids is 2. The zero-order chi connectivity index (χ0) is 18.0. The number of amides is 2. The highest BCUT2D eigenvalue weighted by Gasteiger charge is 2.58. The van der Waals surface area contributed by atoms with E-state index in [2.05, 4.69) is 5.32 Å². The highest BCUT2D eigenvalue weighted by molar-refractivity contribution is 6.32. The molecule has 1 saturated carbocycles. The van der Waals surface area contributed by atoms with Crippen LogP contribution in [0.25, 0.3) is 0 Å². The van der Waals surface area contributed by atoms with Gasteiger partial charge in [-0.1, -0.05) is 11.6 Å². The second-order valence-electron chi connectivity index (χ2n) is 6.58. The van der Waals surface area contributed by atoms with Gasteiger partial charge >= 0.3 is 0 Å². The molecule has 2 aliphatic rings. The van der Waals surface area contributed by atoms with Crippen molar-refractivity contribution in [3.8, 4) is 11.5 Å². The minimum atomic E-state index is -0.935. The molecular weight excluding hydrogens is 344 g/mol. The highest BCUT2D eigenvalue weighted by Crippen LogP contribution is 2.49. The van der Waals surface area contributed by atoms with E-state index >= 15 is 0 Å². The third-order valence-electron chi connectivity index (χ3n) is 4.96. The molecule has 1 aromatic carbocycles. The lowest BCUT2D eigenvalue weighted by molar-refractivity contribution is -0.143. The van der Waals surface area contributed by atoms with Gasteiger partial charge in [-0.15, -0.1) is 0 Å². The second-order valence-corrected chi connectivity index (χ2v) is 6.98. The molecule has 1 saturated heterocycles. The van der Waals surface area contributed by atoms with Gasteiger partial charge in [-0.05, 0) is 32.1 Å². The summed E-state index contributed by atoms with van der Waals surface area (Å²) in [6.45, 7) is 1.48. The number of nitrogens with zero attached hydrogens (tertiary/aromatic N) is 1. The molecule has 0 unspecified atom stereocenters. The van der Waals surface area contributed by atoms with Gasteiger partial charge in [0.2, 0.25) is 11.8 Å². The molecule has 0 bridgehead atoms. The lowest BCUT2D eigenvalue weighted by Gasteiger charge is -2.30. The zero-order valence-corrected chi connectivity index (χ0v) is 15.3. The normalized spacial score (nSPS) is 18.4. The van der Waals surface area contributed by atoms with Crippen LogP contribution in [-0.4, -0.2) is 44.0 Å². The molecule has 1 aliphatic heterocycles. The molecule has 0 atom stereocenters. The molecule has 0 spiro atoms. The van der Waals surface area contributed by atoms with Crippen molar-refractivity contribution in [2.75, 3.05) is 32.6 Å². The lowest BCUT2D eigenvalue weighted by Crippen LogP contribution is -2.45. The average Bonchev–Trinajstić information content (AvgIpc) is 3.44. The number of rotatable bonds is 5. The number of likely N-dealkylation sites (tertiary alicyclic amines) is 1. The minimum absolute atomic E-state index is 0.0513. The van der Waals surface area contributed by atoms with Gasteiger partial charge in [-0.25, -0.2) is 0 Å². The fourth-order valence-corrected chi connectivity index (χ4v) is 3.49. The van der Waals surface area contributed by atoms with E-state index in [1.165, 1.54) is 14.2 Å². The molecule has 6 nitrogen and oxygen atoms in total. The Morgan fingerprint density at radius 2 is 1.72 bits per heavy atom. The number of piperidine rings is 1. The van der Waals surface area contributed by atoms with E-state index in [-0.39, 0.29) is 11.8 Å². The van der Waals surface area contributed by atoms with Crippen molar-refractivity contribution < 1.29 is 19.1 Å². The predicted molar refractivity (Wildman–Crippen MR) is 95.3 cm³/mol. The van der Waals surface area contributed by atoms with E-state index in [9.17, 15) is 9.59 Å². The number of ether oxygens (including phenoxy) is 2. The predicted octanol–water partition coefficient (Wildman–Crippen LogP) is 3.09. The summed E-state index contributed by atoms with van der Waals surface area (Å²) in [6, 6.07) is 3.20. The summed E-state index contributed by atoms with van der Waals surface area (Å²) < 4.78 is 10.5. The molecule has 3 rings (SSSR count). The molecule has 0 radical (unpaired) electrons. The van der Waals surface area contributed by atoms with Crippen molar-refractivity contribution in [3.63, 3.8) is 0 Å². The van der Waals surface area contributed by atoms with Gasteiger partial charge in [0.05, 0.1) is 24.9 Å². The maximum absolute atomic E-state index is 12.8. The summed E-state index contributed by atoms with van der Waals surface area (Å²) in [5.41, 5.74) is -0.485. The summed E-state index contributed by atoms with van der Waals surface area (Å²) in [5.74, 6) is 0.528. The summed E-state index contributed by atoms with van der Waals surface area (Å²) in [4.78, 5) is 27.5. The van der Waals surface area contributed by atoms with Crippen molar-refractivity contribution in [1.82, 2.24) is 4.90 Å². The van der Waals surface area contributed by atoms with Gasteiger partial charge in [0.15, 0.2) is 0 Å². The fraction of sp³-hybridized carbons (Fsp3) is 0.556. The van der Waals surface area contributed by atoms with Gasteiger partial charge < -0.3 is 19.7 Å². The second kappa shape index (κ2) is 7.12. The van der Waals surface area contributed by atoms with Crippen LogP contribution < -0.4 is 14.8 Å². The number of halogens is 1. The third-order valence-corrected chi connectivity index (χ3v) is 5.25. The number of hydrogen-bond acceptors (Lipinski definition) is 4. The number of anilines is 1. The van der Waals surface area contributed by atoms with E-state index in [0.29, 0.717) is 35.1 Å². The summed E-state index contributed by atoms with van der Waals surface area (Å²) in [6.07, 6.45) is 4.32. The van der Waals surface area contributed by atoms with Crippen LogP contribution in [0.2, 0.25) is 5.02 Å². The first-order chi connectivity index (χ1) is 12.0. The Balaban J connectivity index is 1.78. The Bertz CT molecular complexity index is 682. The lowest BCUT2D eigenvalue weighted by atomic mass is 10.0. The fourth-order valence-electron chi connectivity index (χ4n) is 3.26. The first-order valence-corrected chi connectivity index (χ1v) is 8.92. The van der Waals surface area contributed by atoms with Crippen molar-refractivity contribution >= 4 is 29.1 Å². The number of benzene rings is 1. The molecule has 7 heteroatoms. The largest absolute Gasteiger partial charge is 0.495 e. The average molecular weight is 367 g/mol. The molecule has 2 fully saturated rings. The van der Waals surface area contributed by atoms with Gasteiger partial charge in [-0.2, -0.15) is 0 Å². The molecular formula is C18H23ClN2O4. The van der Waals surface area contributed by atoms with Gasteiger partial charge in [-0.3, -0.25) is 9.59 Å². The number of hydrogen-bond donors (Lipinski definition) is 1. The van der Waals surface area contributed by atoms with Gasteiger partial charge in [0, 0.05) is 25.2 Å². The topological polar surface area (TPSA) is 67.9 Å². The molecule has 25 heavy (non-hydrogen) atoms. The summed E-state index contributed by atoms with van der Waals surface area (Å²) in [7, 11) is 3.00. The van der Waals surface area contributed by atoms with Gasteiger partial charge in [0.1, 0.15) is 16.9 Å². The Hall–Kier alpha value is -1.95. The zero-order valence-electron chi connectivity index (χ0n) is 14.6. The minimum Gasteiger partial charge on any atom is -0.495 e. The number of methoxy groups -OCH3 is 2. The number of carbonyl (C=O) groups is 2. The molecule has 0 aromatic heterocycles. The summed E-state index contributed by atoms with van der Waals surface area (Å²) >= 11 is 6.09. The van der Waals surface area contributed by atoms with Crippen LogP contribution in [0.3, 0.4) is 0 Å². The molecule has 1 aliphatic carbocycles. The molecule has 2 amide bonds. The smallest absolute Gasteiger partial charge is 0.240 e. The molecule has 1 aromatic rings. The Morgan fingerprint density at radius 3 is 2.28 bits per heavy atom. The van der Waals surface area contributed by atoms with E-state index in [0.717, 1.165) is 32.4 Å². The third kappa shape index (κ3) is 3.40. The van der Waals surface area contributed by atoms with E-state index < -0.39 is 5.41 Å². The SMILES string of the molecule is COc1cc(NC(=O)C2(C(=O)N3CCCCC3)CC2)c(OC)cc1Cl. The van der Waals surface area contributed by atoms with Crippen LogP contribution in [0.1, 0.15) is 32.1 Å². The maximum Gasteiger partial charge on any atom is 0.240 e. The van der Waals surface area contributed by atoms with Crippen LogP contribution in [0.4, 0.5) is 5.69 Å². The Kier molecular flexibility index (Phi) is 5.08. The van der Waals surface area contributed by atoms with Crippen LogP contribution in [0.15, 0.2) is 12.1 Å². The number of nitrogens with one attached hydrogen (secondary N) is 1. The van der Waals surface area contributed by atoms with Crippen molar-refractivity contribution in [1.29, 1.82) is 0 Å². The monoisotopic (exact) mass is 366 g/mol. The highest BCUT2D eigenvalue weighted by atomic mass is 35.5.